The maximum absolute atomic E-state index is 6.14. The van der Waals surface area contributed by atoms with E-state index in [0.29, 0.717) is 20.5 Å². The summed E-state index contributed by atoms with van der Waals surface area (Å²) in [6.45, 7) is 0. The zero-order valence-electron chi connectivity index (χ0n) is 9.72. The van der Waals surface area contributed by atoms with Crippen molar-refractivity contribution in [1.82, 2.24) is 19.4 Å². The Morgan fingerprint density at radius 1 is 1.25 bits per heavy atom. The molecule has 0 spiro atoms. The highest BCUT2D eigenvalue weighted by Crippen LogP contribution is 2.38. The summed E-state index contributed by atoms with van der Waals surface area (Å²) in [5.74, 6) is 0.311. The first-order valence-corrected chi connectivity index (χ1v) is 7.69. The summed E-state index contributed by atoms with van der Waals surface area (Å²) in [5, 5.41) is 0.539. The molecule has 0 saturated heterocycles. The van der Waals surface area contributed by atoms with Crippen LogP contribution >= 0.6 is 50.9 Å². The number of imidazole rings is 1. The standard InChI is InChI=1S/C11H6BrCl2N5S/c12-11-17-4-6(10-16-1-2-19(10)11)20-5-3-7(15)18-9(14)8(5)13/h1-4H,(H2,15,18). The second-order valence-corrected chi connectivity index (χ2v) is 6.29. The predicted molar refractivity (Wildman–Crippen MR) is 83.5 cm³/mol. The Bertz CT molecular complexity index is 807. The van der Waals surface area contributed by atoms with Crippen molar-refractivity contribution in [3.8, 4) is 0 Å². The molecule has 0 unspecified atom stereocenters. The van der Waals surface area contributed by atoms with Gasteiger partial charge in [-0.05, 0) is 22.0 Å². The lowest BCUT2D eigenvalue weighted by atomic mass is 10.5. The number of hydrogen-bond donors (Lipinski definition) is 1. The number of nitrogen functional groups attached to an aromatic ring is 1. The number of pyridine rings is 1. The smallest absolute Gasteiger partial charge is 0.182 e. The van der Waals surface area contributed by atoms with Crippen LogP contribution < -0.4 is 5.73 Å². The average molecular weight is 391 g/mol. The second kappa shape index (κ2) is 5.40. The minimum atomic E-state index is 0.179. The van der Waals surface area contributed by atoms with E-state index in [2.05, 4.69) is 30.9 Å². The first kappa shape index (κ1) is 13.9. The van der Waals surface area contributed by atoms with Gasteiger partial charge in [-0.3, -0.25) is 4.40 Å². The molecular weight excluding hydrogens is 385 g/mol. The van der Waals surface area contributed by atoms with Gasteiger partial charge in [0, 0.05) is 23.5 Å². The molecular formula is C11H6BrCl2N5S. The number of aromatic nitrogens is 4. The van der Waals surface area contributed by atoms with Gasteiger partial charge in [0.25, 0.3) is 0 Å². The van der Waals surface area contributed by atoms with Crippen molar-refractivity contribution in [2.45, 2.75) is 9.79 Å². The monoisotopic (exact) mass is 389 g/mol. The maximum atomic E-state index is 6.14. The van der Waals surface area contributed by atoms with Crippen LogP contribution in [-0.4, -0.2) is 19.4 Å². The lowest BCUT2D eigenvalue weighted by Crippen LogP contribution is -1.94. The van der Waals surface area contributed by atoms with E-state index < -0.39 is 0 Å². The third-order valence-corrected chi connectivity index (χ3v) is 4.97. The number of nitrogens with two attached hydrogens (primary N) is 1. The fourth-order valence-corrected chi connectivity index (χ4v) is 3.43. The van der Waals surface area contributed by atoms with E-state index in [1.165, 1.54) is 11.8 Å². The summed E-state index contributed by atoms with van der Waals surface area (Å²) >= 11 is 16.8. The molecule has 0 radical (unpaired) electrons. The summed E-state index contributed by atoms with van der Waals surface area (Å²) in [6, 6.07) is 1.67. The topological polar surface area (TPSA) is 69.1 Å². The first-order chi connectivity index (χ1) is 9.56. The van der Waals surface area contributed by atoms with E-state index in [-0.39, 0.29) is 5.15 Å². The van der Waals surface area contributed by atoms with Crippen molar-refractivity contribution in [3.05, 3.63) is 39.6 Å². The first-order valence-electron chi connectivity index (χ1n) is 5.33. The fraction of sp³-hybridized carbons (Fsp3) is 0. The molecule has 20 heavy (non-hydrogen) atoms. The highest BCUT2D eigenvalue weighted by molar-refractivity contribution is 9.10. The van der Waals surface area contributed by atoms with Gasteiger partial charge in [-0.25, -0.2) is 15.0 Å². The lowest BCUT2D eigenvalue weighted by Gasteiger charge is -2.08. The van der Waals surface area contributed by atoms with Gasteiger partial charge in [0.2, 0.25) is 0 Å². The highest BCUT2D eigenvalue weighted by Gasteiger charge is 2.13. The van der Waals surface area contributed by atoms with E-state index in [1.54, 1.807) is 18.5 Å². The number of nitrogens with zero attached hydrogens (tertiary/aromatic N) is 4. The van der Waals surface area contributed by atoms with Gasteiger partial charge < -0.3 is 5.73 Å². The molecule has 0 saturated carbocycles. The van der Waals surface area contributed by atoms with E-state index in [0.717, 1.165) is 10.5 Å². The van der Waals surface area contributed by atoms with E-state index in [4.69, 9.17) is 28.9 Å². The molecule has 9 heteroatoms. The van der Waals surface area contributed by atoms with E-state index in [1.807, 2.05) is 10.6 Å². The fourth-order valence-electron chi connectivity index (χ4n) is 1.63. The van der Waals surface area contributed by atoms with Crippen LogP contribution in [0.3, 0.4) is 0 Å². The Kier molecular flexibility index (Phi) is 3.76. The summed E-state index contributed by atoms with van der Waals surface area (Å²) in [5.41, 5.74) is 6.45. The third kappa shape index (κ3) is 2.46. The quantitative estimate of drug-likeness (QED) is 0.530. The van der Waals surface area contributed by atoms with Crippen LogP contribution in [0, 0.1) is 0 Å². The molecule has 2 N–H and O–H groups in total. The molecule has 0 aliphatic carbocycles. The molecule has 3 aromatic heterocycles. The van der Waals surface area contributed by atoms with Gasteiger partial charge >= 0.3 is 0 Å². The molecule has 3 aromatic rings. The van der Waals surface area contributed by atoms with Crippen molar-refractivity contribution >= 4 is 62.4 Å². The van der Waals surface area contributed by atoms with Crippen LogP contribution in [0.1, 0.15) is 0 Å². The summed E-state index contributed by atoms with van der Waals surface area (Å²) in [7, 11) is 0. The summed E-state index contributed by atoms with van der Waals surface area (Å²) in [6.07, 6.45) is 5.21. The molecule has 0 aliphatic rings. The van der Waals surface area contributed by atoms with E-state index in [9.17, 15) is 0 Å². The number of anilines is 1. The Morgan fingerprint density at radius 2 is 2.05 bits per heavy atom. The second-order valence-electron chi connectivity index (χ2n) is 3.76. The molecule has 0 aromatic carbocycles. The normalized spacial score (nSPS) is 11.2. The van der Waals surface area contributed by atoms with Gasteiger partial charge in [0.15, 0.2) is 15.5 Å². The molecule has 0 aliphatic heterocycles. The molecule has 0 fully saturated rings. The average Bonchev–Trinajstić information content (AvgIpc) is 2.89. The minimum absolute atomic E-state index is 0.179. The van der Waals surface area contributed by atoms with Gasteiger partial charge in [-0.2, -0.15) is 0 Å². The number of fused-ring (bicyclic) bond motifs is 1. The van der Waals surface area contributed by atoms with Crippen LogP contribution in [0.2, 0.25) is 10.2 Å². The predicted octanol–water partition coefficient (Wildman–Crippen LogP) is 3.93. The van der Waals surface area contributed by atoms with Gasteiger partial charge in [0.05, 0.1) is 9.92 Å². The molecule has 102 valence electrons. The molecule has 5 nitrogen and oxygen atoms in total. The maximum Gasteiger partial charge on any atom is 0.182 e. The van der Waals surface area contributed by atoms with Crippen LogP contribution in [-0.2, 0) is 0 Å². The third-order valence-electron chi connectivity index (χ3n) is 2.47. The Labute approximate surface area is 136 Å². The van der Waals surface area contributed by atoms with Gasteiger partial charge in [-0.15, -0.1) is 0 Å². The largest absolute Gasteiger partial charge is 0.384 e. The van der Waals surface area contributed by atoms with Gasteiger partial charge in [0.1, 0.15) is 5.82 Å². The Balaban J connectivity index is 2.10. The van der Waals surface area contributed by atoms with Crippen molar-refractivity contribution in [2.24, 2.45) is 0 Å². The number of rotatable bonds is 2. The van der Waals surface area contributed by atoms with E-state index >= 15 is 0 Å². The van der Waals surface area contributed by atoms with Crippen molar-refractivity contribution in [2.75, 3.05) is 5.73 Å². The zero-order valence-corrected chi connectivity index (χ0v) is 13.6. The lowest BCUT2D eigenvalue weighted by molar-refractivity contribution is 0.998. The highest BCUT2D eigenvalue weighted by atomic mass is 79.9. The molecule has 0 bridgehead atoms. The van der Waals surface area contributed by atoms with Gasteiger partial charge in [-0.1, -0.05) is 35.0 Å². The molecule has 3 heterocycles. The Morgan fingerprint density at radius 3 is 2.85 bits per heavy atom. The van der Waals surface area contributed by atoms with Crippen LogP contribution in [0.4, 0.5) is 5.82 Å². The SMILES string of the molecule is Nc1cc(Sc2cnc(Br)n3ccnc23)c(Cl)c(Cl)n1. The summed E-state index contributed by atoms with van der Waals surface area (Å²) in [4.78, 5) is 14.0. The van der Waals surface area contributed by atoms with Crippen LogP contribution in [0.25, 0.3) is 5.65 Å². The van der Waals surface area contributed by atoms with Crippen LogP contribution in [0.5, 0.6) is 0 Å². The minimum Gasteiger partial charge on any atom is -0.384 e. The Hall–Kier alpha value is -1.02. The van der Waals surface area contributed by atoms with Crippen molar-refractivity contribution in [1.29, 1.82) is 0 Å². The van der Waals surface area contributed by atoms with Crippen molar-refractivity contribution in [3.63, 3.8) is 0 Å². The van der Waals surface area contributed by atoms with Crippen LogP contribution in [0.15, 0.2) is 39.2 Å². The molecule has 0 amide bonds. The van der Waals surface area contributed by atoms with Crippen molar-refractivity contribution < 1.29 is 0 Å². The molecule has 0 atom stereocenters. The zero-order chi connectivity index (χ0) is 14.3. The number of hydrogen-bond acceptors (Lipinski definition) is 5. The number of halogens is 3. The molecule has 3 rings (SSSR count). The summed E-state index contributed by atoms with van der Waals surface area (Å²) < 4.78 is 2.50.